The van der Waals surface area contributed by atoms with E-state index in [-0.39, 0.29) is 0 Å². The van der Waals surface area contributed by atoms with Crippen molar-refractivity contribution in [2.45, 2.75) is 38.8 Å². The monoisotopic (exact) mass is 528 g/mol. The second-order valence-electron chi connectivity index (χ2n) is 9.51. The second kappa shape index (κ2) is 9.22. The zero-order valence-corrected chi connectivity index (χ0v) is 20.8. The zero-order valence-electron chi connectivity index (χ0n) is 20.1. The first-order valence-corrected chi connectivity index (χ1v) is 12.4. The lowest BCUT2D eigenvalue weighted by molar-refractivity contribution is -0.137. The van der Waals surface area contributed by atoms with Crippen LogP contribution in [0.3, 0.4) is 0 Å². The van der Waals surface area contributed by atoms with Crippen molar-refractivity contribution in [3.05, 3.63) is 76.1 Å². The zero-order chi connectivity index (χ0) is 25.7. The first kappa shape index (κ1) is 24.1. The molecule has 3 heterocycles. The van der Waals surface area contributed by atoms with E-state index in [0.717, 1.165) is 65.3 Å². The fraction of sp³-hybridized carbons (Fsp3) is 0.333. The molecule has 0 amide bonds. The van der Waals surface area contributed by atoms with E-state index in [1.54, 1.807) is 31.5 Å². The van der Waals surface area contributed by atoms with Gasteiger partial charge in [-0.25, -0.2) is 4.98 Å². The van der Waals surface area contributed by atoms with Crippen molar-refractivity contribution in [1.82, 2.24) is 14.6 Å². The highest BCUT2D eigenvalue weighted by Crippen LogP contribution is 2.39. The van der Waals surface area contributed by atoms with Crippen LogP contribution in [0, 0.1) is 5.92 Å². The molecule has 2 aromatic heterocycles. The number of benzene rings is 2. The van der Waals surface area contributed by atoms with E-state index < -0.39 is 11.7 Å². The number of aromatic nitrogens is 3. The van der Waals surface area contributed by atoms with E-state index in [2.05, 4.69) is 4.90 Å². The van der Waals surface area contributed by atoms with Crippen molar-refractivity contribution in [3.63, 3.8) is 0 Å². The number of methoxy groups -OCH3 is 1. The van der Waals surface area contributed by atoms with E-state index in [1.165, 1.54) is 0 Å². The van der Waals surface area contributed by atoms with E-state index >= 15 is 0 Å². The number of ether oxygens (including phenoxy) is 2. The van der Waals surface area contributed by atoms with Gasteiger partial charge in [0.05, 0.1) is 42.8 Å². The molecule has 1 saturated carbocycles. The van der Waals surface area contributed by atoms with Crippen LogP contribution in [0.1, 0.15) is 35.2 Å². The second-order valence-corrected chi connectivity index (χ2v) is 9.92. The van der Waals surface area contributed by atoms with Crippen LogP contribution in [0.5, 0.6) is 5.75 Å². The average molecular weight is 529 g/mol. The number of fused-ring (bicyclic) bond motifs is 2. The molecule has 192 valence electrons. The highest BCUT2D eigenvalue weighted by molar-refractivity contribution is 6.33. The largest absolute Gasteiger partial charge is 0.497 e. The van der Waals surface area contributed by atoms with E-state index in [4.69, 9.17) is 31.2 Å². The number of alkyl halides is 3. The fourth-order valence-corrected chi connectivity index (χ4v) is 5.06. The SMILES string of the molecule is COc1ccc(-c2cnn3c(N(Cc4ccc(C(F)(F)F)cc4)CC4CC4)c4c(nc23)COC4)c(Cl)c1. The lowest BCUT2D eigenvalue weighted by Gasteiger charge is -2.27. The summed E-state index contributed by atoms with van der Waals surface area (Å²) in [6.07, 6.45) is -0.358. The average Bonchev–Trinajstić information content (AvgIpc) is 3.40. The van der Waals surface area contributed by atoms with Gasteiger partial charge in [-0.05, 0) is 54.7 Å². The van der Waals surface area contributed by atoms with Crippen molar-refractivity contribution in [2.75, 3.05) is 18.6 Å². The van der Waals surface area contributed by atoms with Gasteiger partial charge in [-0.2, -0.15) is 22.8 Å². The number of halogens is 4. The van der Waals surface area contributed by atoms with Gasteiger partial charge in [0, 0.05) is 29.8 Å². The predicted molar refractivity (Wildman–Crippen MR) is 134 cm³/mol. The lowest BCUT2D eigenvalue weighted by Crippen LogP contribution is -2.29. The number of hydrogen-bond acceptors (Lipinski definition) is 5. The summed E-state index contributed by atoms with van der Waals surface area (Å²) in [5.74, 6) is 2.04. The van der Waals surface area contributed by atoms with E-state index in [0.29, 0.717) is 42.1 Å². The topological polar surface area (TPSA) is 51.9 Å². The first-order chi connectivity index (χ1) is 17.8. The lowest BCUT2D eigenvalue weighted by atomic mass is 10.1. The number of anilines is 1. The Bertz CT molecular complexity index is 1470. The molecule has 0 radical (unpaired) electrons. The maximum absolute atomic E-state index is 13.1. The summed E-state index contributed by atoms with van der Waals surface area (Å²) in [5.41, 5.74) is 4.14. The Morgan fingerprint density at radius 2 is 1.89 bits per heavy atom. The minimum absolute atomic E-state index is 0.386. The number of hydrogen-bond donors (Lipinski definition) is 0. The normalized spacial score (nSPS) is 15.3. The number of nitrogens with zero attached hydrogens (tertiary/aromatic N) is 4. The minimum Gasteiger partial charge on any atom is -0.497 e. The Morgan fingerprint density at radius 3 is 2.57 bits per heavy atom. The van der Waals surface area contributed by atoms with Gasteiger partial charge < -0.3 is 14.4 Å². The molecule has 0 N–H and O–H groups in total. The van der Waals surface area contributed by atoms with Gasteiger partial charge in [-0.1, -0.05) is 23.7 Å². The molecule has 0 unspecified atom stereocenters. The third-order valence-corrected chi connectivity index (χ3v) is 7.20. The van der Waals surface area contributed by atoms with Crippen LogP contribution in [-0.2, 0) is 30.7 Å². The molecule has 0 atom stereocenters. The molecule has 1 fully saturated rings. The summed E-state index contributed by atoms with van der Waals surface area (Å²) >= 11 is 6.59. The first-order valence-electron chi connectivity index (χ1n) is 12.0. The van der Waals surface area contributed by atoms with Gasteiger partial charge in [0.25, 0.3) is 0 Å². The Kier molecular flexibility index (Phi) is 6.00. The maximum Gasteiger partial charge on any atom is 0.416 e. The summed E-state index contributed by atoms with van der Waals surface area (Å²) in [5, 5.41) is 5.23. The van der Waals surface area contributed by atoms with Gasteiger partial charge in [0.2, 0.25) is 0 Å². The van der Waals surface area contributed by atoms with Gasteiger partial charge in [0.1, 0.15) is 11.6 Å². The Balaban J connectivity index is 1.45. The summed E-state index contributed by atoms with van der Waals surface area (Å²) in [6, 6.07) is 10.8. The summed E-state index contributed by atoms with van der Waals surface area (Å²) in [4.78, 5) is 7.10. The maximum atomic E-state index is 13.1. The molecule has 0 bridgehead atoms. The molecule has 4 aromatic rings. The molecule has 2 aromatic carbocycles. The third-order valence-electron chi connectivity index (χ3n) is 6.88. The van der Waals surface area contributed by atoms with Gasteiger partial charge in [-0.3, -0.25) is 0 Å². The van der Waals surface area contributed by atoms with Crippen molar-refractivity contribution >= 4 is 23.1 Å². The van der Waals surface area contributed by atoms with Crippen molar-refractivity contribution in [2.24, 2.45) is 5.92 Å². The Morgan fingerprint density at radius 1 is 1.11 bits per heavy atom. The van der Waals surface area contributed by atoms with Crippen LogP contribution in [0.4, 0.5) is 19.0 Å². The van der Waals surface area contributed by atoms with Crippen LogP contribution in [0.25, 0.3) is 16.8 Å². The Labute approximate surface area is 216 Å². The van der Waals surface area contributed by atoms with Crippen LogP contribution in [-0.4, -0.2) is 28.3 Å². The molecule has 10 heteroatoms. The molecule has 2 aliphatic rings. The molecule has 0 saturated heterocycles. The predicted octanol–water partition coefficient (Wildman–Crippen LogP) is 6.52. The van der Waals surface area contributed by atoms with Gasteiger partial charge in [0.15, 0.2) is 5.65 Å². The highest BCUT2D eigenvalue weighted by Gasteiger charge is 2.32. The standard InChI is InChI=1S/C27H24ClF3N4O2/c1-36-19-8-9-20(23(28)10-19)21-11-32-35-25(21)33-24-15-37-14-22(24)26(35)34(12-16-2-3-16)13-17-4-6-18(7-5-17)27(29,30)31/h4-11,16H,2-3,12-15H2,1H3. The molecule has 6 nitrogen and oxygen atoms in total. The minimum atomic E-state index is -4.37. The highest BCUT2D eigenvalue weighted by atomic mass is 35.5. The van der Waals surface area contributed by atoms with Gasteiger partial charge >= 0.3 is 6.18 Å². The number of rotatable bonds is 7. The van der Waals surface area contributed by atoms with Crippen LogP contribution in [0.2, 0.25) is 5.02 Å². The van der Waals surface area contributed by atoms with Gasteiger partial charge in [-0.15, -0.1) is 0 Å². The van der Waals surface area contributed by atoms with Crippen LogP contribution >= 0.6 is 11.6 Å². The van der Waals surface area contributed by atoms with Crippen LogP contribution in [0.15, 0.2) is 48.7 Å². The molecule has 1 aliphatic heterocycles. The molecule has 1 aliphatic carbocycles. The van der Waals surface area contributed by atoms with Crippen LogP contribution < -0.4 is 9.64 Å². The summed E-state index contributed by atoms with van der Waals surface area (Å²) in [6.45, 7) is 2.00. The fourth-order valence-electron chi connectivity index (χ4n) is 4.79. The van der Waals surface area contributed by atoms with E-state index in [1.807, 2.05) is 16.6 Å². The molecule has 6 rings (SSSR count). The quantitative estimate of drug-likeness (QED) is 0.273. The van der Waals surface area contributed by atoms with Crippen molar-refractivity contribution < 1.29 is 22.6 Å². The summed E-state index contributed by atoms with van der Waals surface area (Å²) < 4.78 is 52.2. The Hall–Kier alpha value is -3.30. The van der Waals surface area contributed by atoms with Crippen molar-refractivity contribution in [1.29, 1.82) is 0 Å². The van der Waals surface area contributed by atoms with E-state index in [9.17, 15) is 13.2 Å². The molecule has 0 spiro atoms. The molecule has 37 heavy (non-hydrogen) atoms. The molecular formula is C27H24ClF3N4O2. The smallest absolute Gasteiger partial charge is 0.416 e. The molecular weight excluding hydrogens is 505 g/mol. The van der Waals surface area contributed by atoms with Crippen molar-refractivity contribution in [3.8, 4) is 16.9 Å². The summed E-state index contributed by atoms with van der Waals surface area (Å²) in [7, 11) is 1.59. The third kappa shape index (κ3) is 4.62.